The van der Waals surface area contributed by atoms with E-state index >= 15 is 0 Å². The van der Waals surface area contributed by atoms with Gasteiger partial charge in [-0.1, -0.05) is 26.7 Å². The third-order valence-electron chi connectivity index (χ3n) is 3.17. The Labute approximate surface area is 111 Å². The van der Waals surface area contributed by atoms with Gasteiger partial charge < -0.3 is 10.4 Å². The smallest absolute Gasteiger partial charge is 0.342 e. The molecule has 1 rings (SSSR count). The number of carbonyl (C=O) groups is 1. The molecular formula is C13H18N2O4. The molecule has 6 nitrogen and oxygen atoms in total. The first kappa shape index (κ1) is 14.9. The third-order valence-corrected chi connectivity index (χ3v) is 3.17. The Hall–Kier alpha value is -2.11. The molecule has 0 aliphatic carbocycles. The van der Waals surface area contributed by atoms with Gasteiger partial charge in [-0.25, -0.2) is 4.79 Å². The van der Waals surface area contributed by atoms with Crippen molar-refractivity contribution in [2.75, 3.05) is 11.9 Å². The average molecular weight is 266 g/mol. The van der Waals surface area contributed by atoms with Crippen molar-refractivity contribution in [1.29, 1.82) is 0 Å². The number of hydrogen-bond acceptors (Lipinski definition) is 4. The summed E-state index contributed by atoms with van der Waals surface area (Å²) in [6, 6.07) is 4.06. The zero-order chi connectivity index (χ0) is 14.4. The fraction of sp³-hybridized carbons (Fsp3) is 0.462. The van der Waals surface area contributed by atoms with Gasteiger partial charge in [0, 0.05) is 18.3 Å². The van der Waals surface area contributed by atoms with Gasteiger partial charge >= 0.3 is 5.97 Å². The lowest BCUT2D eigenvalue weighted by Crippen LogP contribution is -2.13. The van der Waals surface area contributed by atoms with E-state index in [1.807, 2.05) is 0 Å². The molecule has 0 aromatic heterocycles. The number of benzene rings is 1. The fourth-order valence-electron chi connectivity index (χ4n) is 1.82. The van der Waals surface area contributed by atoms with E-state index in [1.54, 1.807) is 0 Å². The number of nitrogens with zero attached hydrogens (tertiary/aromatic N) is 1. The maximum Gasteiger partial charge on any atom is 0.342 e. The summed E-state index contributed by atoms with van der Waals surface area (Å²) in [6.07, 6.45) is 2.06. The molecule has 0 radical (unpaired) electrons. The molecule has 0 bridgehead atoms. The van der Waals surface area contributed by atoms with E-state index in [0.29, 0.717) is 11.6 Å². The highest BCUT2D eigenvalue weighted by molar-refractivity contribution is 5.93. The summed E-state index contributed by atoms with van der Waals surface area (Å²) in [6.45, 7) is 4.91. The van der Waals surface area contributed by atoms with Crippen molar-refractivity contribution in [3.8, 4) is 0 Å². The minimum absolute atomic E-state index is 0.292. The standard InChI is InChI=1S/C13H18N2O4/c1-3-9(4-2)8-14-10-5-6-12(15(18)19)11(7-10)13(16)17/h5-7,9,14H,3-4,8H2,1-2H3,(H,16,17). The average Bonchev–Trinajstić information content (AvgIpc) is 2.39. The number of carboxylic acids is 1. The Bertz CT molecular complexity index is 470. The van der Waals surface area contributed by atoms with Crippen LogP contribution in [-0.4, -0.2) is 22.5 Å². The molecule has 0 fully saturated rings. The molecule has 0 amide bonds. The number of nitro groups is 1. The van der Waals surface area contributed by atoms with E-state index in [-0.39, 0.29) is 11.3 Å². The Kier molecular flexibility index (Phi) is 5.29. The van der Waals surface area contributed by atoms with Crippen molar-refractivity contribution in [3.05, 3.63) is 33.9 Å². The molecule has 0 heterocycles. The maximum absolute atomic E-state index is 11.0. The number of carboxylic acid groups (broad SMARTS) is 1. The zero-order valence-corrected chi connectivity index (χ0v) is 11.0. The van der Waals surface area contributed by atoms with Crippen LogP contribution in [0.4, 0.5) is 11.4 Å². The molecule has 6 heteroatoms. The van der Waals surface area contributed by atoms with Crippen LogP contribution < -0.4 is 5.32 Å². The summed E-state index contributed by atoms with van der Waals surface area (Å²) in [7, 11) is 0. The second-order valence-electron chi connectivity index (χ2n) is 4.36. The van der Waals surface area contributed by atoms with Gasteiger partial charge in [-0.05, 0) is 18.1 Å². The number of hydrogen-bond donors (Lipinski definition) is 2. The van der Waals surface area contributed by atoms with Gasteiger partial charge in [0.1, 0.15) is 5.56 Å². The number of rotatable bonds is 7. The molecule has 0 saturated heterocycles. The fourth-order valence-corrected chi connectivity index (χ4v) is 1.82. The Morgan fingerprint density at radius 1 is 1.42 bits per heavy atom. The highest BCUT2D eigenvalue weighted by atomic mass is 16.6. The monoisotopic (exact) mass is 266 g/mol. The highest BCUT2D eigenvalue weighted by Gasteiger charge is 2.19. The van der Waals surface area contributed by atoms with E-state index in [4.69, 9.17) is 5.11 Å². The van der Waals surface area contributed by atoms with Crippen molar-refractivity contribution < 1.29 is 14.8 Å². The normalized spacial score (nSPS) is 10.5. The molecular weight excluding hydrogens is 248 g/mol. The number of anilines is 1. The van der Waals surface area contributed by atoms with Crippen molar-refractivity contribution in [1.82, 2.24) is 0 Å². The Morgan fingerprint density at radius 3 is 2.53 bits per heavy atom. The van der Waals surface area contributed by atoms with Crippen LogP contribution in [0.25, 0.3) is 0 Å². The first-order chi connectivity index (χ1) is 8.99. The van der Waals surface area contributed by atoms with Crippen molar-refractivity contribution in [2.24, 2.45) is 5.92 Å². The SMILES string of the molecule is CCC(CC)CNc1ccc([N+](=O)[O-])c(C(=O)O)c1. The first-order valence-corrected chi connectivity index (χ1v) is 6.25. The second-order valence-corrected chi connectivity index (χ2v) is 4.36. The summed E-state index contributed by atoms with van der Waals surface area (Å²) in [5.74, 6) is -0.790. The molecule has 0 aliphatic heterocycles. The Morgan fingerprint density at radius 2 is 2.05 bits per heavy atom. The van der Waals surface area contributed by atoms with Crippen molar-refractivity contribution in [3.63, 3.8) is 0 Å². The molecule has 0 aliphatic rings. The van der Waals surface area contributed by atoms with Crippen LogP contribution >= 0.6 is 0 Å². The van der Waals surface area contributed by atoms with Crippen LogP contribution in [0.2, 0.25) is 0 Å². The molecule has 104 valence electrons. The first-order valence-electron chi connectivity index (χ1n) is 6.25. The number of aromatic carboxylic acids is 1. The highest BCUT2D eigenvalue weighted by Crippen LogP contribution is 2.23. The van der Waals surface area contributed by atoms with E-state index < -0.39 is 10.9 Å². The van der Waals surface area contributed by atoms with Crippen LogP contribution in [0, 0.1) is 16.0 Å². The van der Waals surface area contributed by atoms with Gasteiger partial charge in [-0.15, -0.1) is 0 Å². The molecule has 0 atom stereocenters. The molecule has 2 N–H and O–H groups in total. The van der Waals surface area contributed by atoms with Crippen LogP contribution in [0.3, 0.4) is 0 Å². The largest absolute Gasteiger partial charge is 0.477 e. The van der Waals surface area contributed by atoms with Gasteiger partial charge in [0.2, 0.25) is 0 Å². The lowest BCUT2D eigenvalue weighted by molar-refractivity contribution is -0.385. The zero-order valence-electron chi connectivity index (χ0n) is 11.0. The molecule has 0 unspecified atom stereocenters. The van der Waals surface area contributed by atoms with E-state index in [1.165, 1.54) is 18.2 Å². The maximum atomic E-state index is 11.0. The van der Waals surface area contributed by atoms with Gasteiger partial charge in [-0.2, -0.15) is 0 Å². The summed E-state index contributed by atoms with van der Waals surface area (Å²) in [4.78, 5) is 21.0. The predicted octanol–water partition coefficient (Wildman–Crippen LogP) is 3.14. The van der Waals surface area contributed by atoms with Crippen LogP contribution in [-0.2, 0) is 0 Å². The summed E-state index contributed by atoms with van der Waals surface area (Å²) in [5, 5.41) is 22.8. The van der Waals surface area contributed by atoms with Crippen LogP contribution in [0.15, 0.2) is 18.2 Å². The quantitative estimate of drug-likeness (QED) is 0.584. The van der Waals surface area contributed by atoms with E-state index in [2.05, 4.69) is 19.2 Å². The minimum Gasteiger partial charge on any atom is -0.477 e. The van der Waals surface area contributed by atoms with Gasteiger partial charge in [-0.3, -0.25) is 10.1 Å². The van der Waals surface area contributed by atoms with E-state index in [0.717, 1.165) is 19.4 Å². The van der Waals surface area contributed by atoms with Crippen molar-refractivity contribution >= 4 is 17.3 Å². The number of nitrogens with one attached hydrogen (secondary N) is 1. The second kappa shape index (κ2) is 6.72. The third kappa shape index (κ3) is 3.94. The Balaban J connectivity index is 2.90. The van der Waals surface area contributed by atoms with Gasteiger partial charge in [0.25, 0.3) is 5.69 Å². The predicted molar refractivity (Wildman–Crippen MR) is 72.6 cm³/mol. The van der Waals surface area contributed by atoms with Crippen molar-refractivity contribution in [2.45, 2.75) is 26.7 Å². The van der Waals surface area contributed by atoms with Gasteiger partial charge in [0.05, 0.1) is 4.92 Å². The molecule has 1 aromatic rings. The van der Waals surface area contributed by atoms with Crippen LogP contribution in [0.1, 0.15) is 37.0 Å². The van der Waals surface area contributed by atoms with Crippen LogP contribution in [0.5, 0.6) is 0 Å². The lowest BCUT2D eigenvalue weighted by Gasteiger charge is -2.14. The summed E-state index contributed by atoms with van der Waals surface area (Å²) < 4.78 is 0. The summed E-state index contributed by atoms with van der Waals surface area (Å²) in [5.41, 5.74) is -0.0879. The van der Waals surface area contributed by atoms with Gasteiger partial charge in [0.15, 0.2) is 0 Å². The summed E-state index contributed by atoms with van der Waals surface area (Å²) >= 11 is 0. The molecule has 0 saturated carbocycles. The van der Waals surface area contributed by atoms with E-state index in [9.17, 15) is 14.9 Å². The topological polar surface area (TPSA) is 92.5 Å². The number of nitro benzene ring substituents is 1. The molecule has 19 heavy (non-hydrogen) atoms. The molecule has 0 spiro atoms. The molecule has 1 aromatic carbocycles. The minimum atomic E-state index is -1.29. The lowest BCUT2D eigenvalue weighted by atomic mass is 10.0.